The number of carbonyl (C=O) groups is 5. The summed E-state index contributed by atoms with van der Waals surface area (Å²) in [5, 5.41) is 38.9. The van der Waals surface area contributed by atoms with Gasteiger partial charge in [0.05, 0.1) is 18.0 Å². The summed E-state index contributed by atoms with van der Waals surface area (Å²) >= 11 is 0. The van der Waals surface area contributed by atoms with Crippen LogP contribution in [0.25, 0.3) is 0 Å². The Kier molecular flexibility index (Phi) is 12.4. The predicted molar refractivity (Wildman–Crippen MR) is 152 cm³/mol. The molecule has 1 aliphatic carbocycles. The molecule has 44 heavy (non-hydrogen) atoms. The van der Waals surface area contributed by atoms with E-state index in [1.807, 2.05) is 0 Å². The molecule has 1 aliphatic heterocycles. The number of carbonyl (C=O) groups excluding carboxylic acids is 2. The van der Waals surface area contributed by atoms with Gasteiger partial charge in [0.25, 0.3) is 5.69 Å². The fourth-order valence-electron chi connectivity index (χ4n) is 4.53. The van der Waals surface area contributed by atoms with Crippen molar-refractivity contribution in [1.82, 2.24) is 24.5 Å². The highest BCUT2D eigenvalue weighted by atomic mass is 16.6. The maximum atomic E-state index is 13.4. The van der Waals surface area contributed by atoms with E-state index in [2.05, 4.69) is 0 Å². The van der Waals surface area contributed by atoms with Crippen LogP contribution in [0.3, 0.4) is 0 Å². The third-order valence-corrected chi connectivity index (χ3v) is 6.91. The molecule has 1 heterocycles. The van der Waals surface area contributed by atoms with Gasteiger partial charge in [0.1, 0.15) is 25.4 Å². The Morgan fingerprint density at radius 1 is 0.773 bits per heavy atom. The van der Waals surface area contributed by atoms with E-state index in [9.17, 15) is 49.4 Å². The lowest BCUT2D eigenvalue weighted by Crippen LogP contribution is -2.49. The van der Waals surface area contributed by atoms with Crippen LogP contribution < -0.4 is 4.74 Å². The maximum Gasteiger partial charge on any atom is 0.331 e. The number of aliphatic carboxylic acids is 3. The van der Waals surface area contributed by atoms with Crippen molar-refractivity contribution in [1.29, 1.82) is 0 Å². The zero-order chi connectivity index (χ0) is 32.2. The molecule has 0 spiro atoms. The highest BCUT2D eigenvalue weighted by molar-refractivity contribution is 5.84. The van der Waals surface area contributed by atoms with Crippen molar-refractivity contribution in [3.05, 3.63) is 46.8 Å². The molecule has 1 saturated carbocycles. The number of esters is 1. The second-order valence-electron chi connectivity index (χ2n) is 10.5. The van der Waals surface area contributed by atoms with Crippen molar-refractivity contribution < 1.29 is 49.0 Å². The fourth-order valence-corrected chi connectivity index (χ4v) is 4.53. The SMILES string of the molecule is O=C(O)CN1/C=C\N(CC(=O)O)CCN(CC(=O)N(CC(=O)Oc2ccc([N+](=O)[O-])cc2)C2CC2)CCN(CC(=O)O)CC1. The second-order valence-corrected chi connectivity index (χ2v) is 10.5. The number of ether oxygens (including phenoxy) is 1. The van der Waals surface area contributed by atoms with Gasteiger partial charge in [-0.15, -0.1) is 0 Å². The lowest BCUT2D eigenvalue weighted by molar-refractivity contribution is -0.384. The molecule has 0 atom stereocenters. The van der Waals surface area contributed by atoms with Crippen molar-refractivity contribution in [3.8, 4) is 5.75 Å². The number of amides is 1. The van der Waals surface area contributed by atoms with Crippen LogP contribution in [-0.4, -0.2) is 153 Å². The van der Waals surface area contributed by atoms with E-state index in [0.29, 0.717) is 12.8 Å². The number of nitrogens with zero attached hydrogens (tertiary/aromatic N) is 6. The average Bonchev–Trinajstić information content (AvgIpc) is 3.78. The summed E-state index contributed by atoms with van der Waals surface area (Å²) < 4.78 is 5.28. The summed E-state index contributed by atoms with van der Waals surface area (Å²) in [6.07, 6.45) is 4.32. The third kappa shape index (κ3) is 11.8. The summed E-state index contributed by atoms with van der Waals surface area (Å²) in [5.41, 5.74) is -0.164. The zero-order valence-electron chi connectivity index (χ0n) is 24.0. The number of carboxylic acid groups (broad SMARTS) is 3. The molecule has 0 aromatic heterocycles. The number of hydrogen-bond acceptors (Lipinski definition) is 12. The first-order valence-corrected chi connectivity index (χ1v) is 13.9. The Hall–Kier alpha value is -4.77. The van der Waals surface area contributed by atoms with E-state index in [-0.39, 0.29) is 95.4 Å². The largest absolute Gasteiger partial charge is 0.480 e. The van der Waals surface area contributed by atoms with Crippen LogP contribution in [0.1, 0.15) is 12.8 Å². The molecule has 0 bridgehead atoms. The number of hydrogen-bond donors (Lipinski definition) is 3. The molecule has 0 saturated heterocycles. The first-order chi connectivity index (χ1) is 20.9. The Bertz CT molecular complexity index is 1240. The molecule has 0 unspecified atom stereocenters. The molecular weight excluding hydrogens is 584 g/mol. The zero-order valence-corrected chi connectivity index (χ0v) is 24.0. The monoisotopic (exact) mass is 620 g/mol. The average molecular weight is 621 g/mol. The molecule has 1 amide bonds. The van der Waals surface area contributed by atoms with Gasteiger partial charge in [0.2, 0.25) is 5.91 Å². The van der Waals surface area contributed by atoms with E-state index in [0.717, 1.165) is 0 Å². The standard InChI is InChI=1S/C27H36N6O11/c34-23(32(20-1-2-20)19-27(41)44-22-5-3-21(4-6-22)33(42)43)15-28-7-9-29(16-24(35)36)11-13-31(18-26(39)40)14-12-30(10-8-28)17-25(37)38/h3-6,11,13,20H,1-2,7-10,12,14-19H2,(H,35,36)(H,37,38)(H,39,40)/b13-11-. The van der Waals surface area contributed by atoms with Gasteiger partial charge in [0.15, 0.2) is 0 Å². The minimum Gasteiger partial charge on any atom is -0.480 e. The Balaban J connectivity index is 1.71. The smallest absolute Gasteiger partial charge is 0.331 e. The fraction of sp³-hybridized carbons (Fsp3) is 0.519. The molecule has 1 aromatic carbocycles. The van der Waals surface area contributed by atoms with Crippen molar-refractivity contribution in [3.63, 3.8) is 0 Å². The summed E-state index contributed by atoms with van der Waals surface area (Å²) in [6, 6.07) is 4.82. The van der Waals surface area contributed by atoms with Gasteiger partial charge in [-0.1, -0.05) is 0 Å². The molecule has 3 N–H and O–H groups in total. The number of nitro groups is 1. The highest BCUT2D eigenvalue weighted by Crippen LogP contribution is 2.27. The third-order valence-electron chi connectivity index (χ3n) is 6.91. The van der Waals surface area contributed by atoms with Crippen LogP contribution in [0.15, 0.2) is 36.7 Å². The van der Waals surface area contributed by atoms with E-state index < -0.39 is 28.8 Å². The predicted octanol–water partition coefficient (Wildman–Crippen LogP) is -0.562. The van der Waals surface area contributed by atoms with Crippen molar-refractivity contribution in [2.75, 3.05) is 72.0 Å². The van der Waals surface area contributed by atoms with Crippen LogP contribution >= 0.6 is 0 Å². The van der Waals surface area contributed by atoms with Crippen LogP contribution in [0.4, 0.5) is 5.69 Å². The van der Waals surface area contributed by atoms with Crippen molar-refractivity contribution in [2.24, 2.45) is 0 Å². The molecular formula is C27H36N6O11. The highest BCUT2D eigenvalue weighted by Gasteiger charge is 2.35. The second kappa shape index (κ2) is 16.2. The van der Waals surface area contributed by atoms with Gasteiger partial charge in [-0.3, -0.25) is 39.1 Å². The normalized spacial score (nSPS) is 17.5. The number of nitro benzene ring substituents is 1. The van der Waals surface area contributed by atoms with Gasteiger partial charge in [-0.2, -0.15) is 0 Å². The molecule has 3 rings (SSSR count). The van der Waals surface area contributed by atoms with Crippen LogP contribution in [0.2, 0.25) is 0 Å². The first-order valence-electron chi connectivity index (χ1n) is 13.9. The molecule has 0 radical (unpaired) electrons. The summed E-state index contributed by atoms with van der Waals surface area (Å²) in [6.45, 7) is -0.268. The topological polar surface area (TPSA) is 215 Å². The van der Waals surface area contributed by atoms with Crippen LogP contribution in [0, 0.1) is 10.1 Å². The lowest BCUT2D eigenvalue weighted by atomic mass is 10.3. The van der Waals surface area contributed by atoms with Crippen LogP contribution in [-0.2, 0) is 24.0 Å². The van der Waals surface area contributed by atoms with E-state index in [4.69, 9.17) is 4.74 Å². The minimum atomic E-state index is -1.10. The molecule has 17 heteroatoms. The van der Waals surface area contributed by atoms with Crippen molar-refractivity contribution >= 4 is 35.5 Å². The first kappa shape index (κ1) is 33.7. The van der Waals surface area contributed by atoms with Gasteiger partial charge >= 0.3 is 23.9 Å². The molecule has 1 aromatic rings. The number of carboxylic acids is 3. The number of non-ortho nitro benzene ring substituents is 1. The maximum absolute atomic E-state index is 13.4. The molecule has 1 fully saturated rings. The molecule has 2 aliphatic rings. The van der Waals surface area contributed by atoms with Gasteiger partial charge in [-0.05, 0) is 25.0 Å². The summed E-state index contributed by atoms with van der Waals surface area (Å²) in [7, 11) is 0. The van der Waals surface area contributed by atoms with Crippen LogP contribution in [0.5, 0.6) is 5.75 Å². The molecule has 17 nitrogen and oxygen atoms in total. The van der Waals surface area contributed by atoms with E-state index in [1.165, 1.54) is 51.4 Å². The lowest BCUT2D eigenvalue weighted by Gasteiger charge is -2.32. The Labute approximate surface area is 252 Å². The quantitative estimate of drug-likeness (QED) is 0.109. The Morgan fingerprint density at radius 3 is 1.70 bits per heavy atom. The number of rotatable bonds is 13. The van der Waals surface area contributed by atoms with E-state index >= 15 is 0 Å². The molecule has 240 valence electrons. The summed E-state index contributed by atoms with van der Waals surface area (Å²) in [4.78, 5) is 78.4. The van der Waals surface area contributed by atoms with E-state index in [1.54, 1.807) is 9.80 Å². The summed E-state index contributed by atoms with van der Waals surface area (Å²) in [5.74, 6) is -4.26. The van der Waals surface area contributed by atoms with Gasteiger partial charge in [0, 0.05) is 69.8 Å². The van der Waals surface area contributed by atoms with Gasteiger partial charge < -0.3 is 34.8 Å². The minimum absolute atomic E-state index is 0.0962. The van der Waals surface area contributed by atoms with Crippen molar-refractivity contribution in [2.45, 2.75) is 18.9 Å². The number of benzene rings is 1. The Morgan fingerprint density at radius 2 is 1.25 bits per heavy atom. The van der Waals surface area contributed by atoms with Gasteiger partial charge in [-0.25, -0.2) is 4.79 Å².